The van der Waals surface area contributed by atoms with Gasteiger partial charge in [-0.2, -0.15) is 0 Å². The monoisotopic (exact) mass is 417 g/mol. The Balaban J connectivity index is 1.50. The molecular weight excluding hydrogens is 378 g/mol. The molecule has 1 aromatic heterocycles. The van der Waals surface area contributed by atoms with E-state index in [9.17, 15) is 4.79 Å². The number of pyridine rings is 1. The first-order chi connectivity index (χ1) is 14.5. The van der Waals surface area contributed by atoms with Crippen molar-refractivity contribution in [2.75, 3.05) is 57.4 Å². The Hall–Kier alpha value is -1.70. The zero-order valence-electron chi connectivity index (χ0n) is 19.1. The number of rotatable bonds is 8. The van der Waals surface area contributed by atoms with Crippen molar-refractivity contribution in [3.05, 3.63) is 23.9 Å². The van der Waals surface area contributed by atoms with Crippen molar-refractivity contribution in [3.63, 3.8) is 0 Å². The van der Waals surface area contributed by atoms with Gasteiger partial charge in [-0.15, -0.1) is 0 Å². The third kappa shape index (κ3) is 6.15. The largest absolute Gasteiger partial charge is 0.379 e. The van der Waals surface area contributed by atoms with Crippen molar-refractivity contribution in [1.29, 1.82) is 0 Å². The molecule has 0 radical (unpaired) electrons. The van der Waals surface area contributed by atoms with Gasteiger partial charge in [0.1, 0.15) is 11.5 Å². The molecule has 3 rings (SSSR count). The summed E-state index contributed by atoms with van der Waals surface area (Å²) in [6, 6.07) is 7.33. The fourth-order valence-electron chi connectivity index (χ4n) is 4.63. The summed E-state index contributed by atoms with van der Waals surface area (Å²) in [7, 11) is 0. The van der Waals surface area contributed by atoms with Crippen molar-refractivity contribution >= 4 is 11.7 Å². The summed E-state index contributed by atoms with van der Waals surface area (Å²) in [5.41, 5.74) is 0.503. The van der Waals surface area contributed by atoms with Crippen molar-refractivity contribution in [3.8, 4) is 0 Å². The first-order valence-electron chi connectivity index (χ1n) is 11.5. The van der Waals surface area contributed by atoms with Crippen LogP contribution in [0.3, 0.4) is 0 Å². The van der Waals surface area contributed by atoms with Crippen LogP contribution in [-0.4, -0.2) is 91.3 Å². The molecule has 0 saturated carbocycles. The molecule has 2 saturated heterocycles. The van der Waals surface area contributed by atoms with Crippen LogP contribution in [0, 0.1) is 0 Å². The van der Waals surface area contributed by atoms with E-state index in [1.54, 1.807) is 0 Å². The Labute approximate surface area is 181 Å². The van der Waals surface area contributed by atoms with E-state index in [1.807, 2.05) is 18.2 Å². The maximum absolute atomic E-state index is 12.6. The standard InChI is InChI=1S/C23H39N5O2/c1-18(2)28(19(3)4)13-10-24-23(29)21-6-5-7-22(25-21)27-11-8-20(9-12-27)26-14-16-30-17-15-26/h5-7,18-20H,8-17H2,1-4H3,(H,24,29). The maximum Gasteiger partial charge on any atom is 0.270 e. The molecule has 2 aliphatic heterocycles. The zero-order chi connectivity index (χ0) is 21.5. The van der Waals surface area contributed by atoms with Gasteiger partial charge in [-0.25, -0.2) is 4.98 Å². The summed E-state index contributed by atoms with van der Waals surface area (Å²) in [4.78, 5) is 24.6. The van der Waals surface area contributed by atoms with Crippen molar-refractivity contribution in [2.45, 2.75) is 58.7 Å². The topological polar surface area (TPSA) is 60.9 Å². The van der Waals surface area contributed by atoms with Crippen molar-refractivity contribution in [2.24, 2.45) is 0 Å². The van der Waals surface area contributed by atoms with Crippen LogP contribution in [0.4, 0.5) is 5.82 Å². The molecule has 2 fully saturated rings. The molecule has 0 unspecified atom stereocenters. The van der Waals surface area contributed by atoms with Crippen LogP contribution in [0.15, 0.2) is 18.2 Å². The third-order valence-electron chi connectivity index (χ3n) is 6.30. The highest BCUT2D eigenvalue weighted by Crippen LogP contribution is 2.22. The number of nitrogens with one attached hydrogen (secondary N) is 1. The predicted molar refractivity (Wildman–Crippen MR) is 121 cm³/mol. The highest BCUT2D eigenvalue weighted by atomic mass is 16.5. The number of hydrogen-bond donors (Lipinski definition) is 1. The Kier molecular flexibility index (Phi) is 8.48. The van der Waals surface area contributed by atoms with Gasteiger partial charge in [0.25, 0.3) is 5.91 Å². The summed E-state index contributed by atoms with van der Waals surface area (Å²) in [6.45, 7) is 16.0. The maximum atomic E-state index is 12.6. The van der Waals surface area contributed by atoms with Crippen molar-refractivity contribution < 1.29 is 9.53 Å². The van der Waals surface area contributed by atoms with Gasteiger partial charge in [0.2, 0.25) is 0 Å². The molecule has 0 atom stereocenters. The molecule has 168 valence electrons. The van der Waals surface area contributed by atoms with Crippen LogP contribution in [0.2, 0.25) is 0 Å². The normalized spacial score (nSPS) is 19.1. The molecule has 0 aliphatic carbocycles. The van der Waals surface area contributed by atoms with E-state index in [0.717, 1.165) is 64.6 Å². The van der Waals surface area contributed by atoms with Gasteiger partial charge in [0.05, 0.1) is 13.2 Å². The Morgan fingerprint density at radius 1 is 1.13 bits per heavy atom. The van der Waals surface area contributed by atoms with Crippen LogP contribution in [0.5, 0.6) is 0 Å². The second-order valence-corrected chi connectivity index (χ2v) is 8.93. The van der Waals surface area contributed by atoms with E-state index >= 15 is 0 Å². The number of carbonyl (C=O) groups is 1. The molecule has 30 heavy (non-hydrogen) atoms. The number of morpholine rings is 1. The number of nitrogens with zero attached hydrogens (tertiary/aromatic N) is 4. The molecule has 7 heteroatoms. The second-order valence-electron chi connectivity index (χ2n) is 8.93. The van der Waals surface area contributed by atoms with E-state index in [4.69, 9.17) is 4.74 Å². The smallest absolute Gasteiger partial charge is 0.270 e. The fraction of sp³-hybridized carbons (Fsp3) is 0.739. The van der Waals surface area contributed by atoms with Gasteiger partial charge in [-0.3, -0.25) is 14.6 Å². The van der Waals surface area contributed by atoms with E-state index < -0.39 is 0 Å². The predicted octanol–water partition coefficient (Wildman–Crippen LogP) is 2.23. The third-order valence-corrected chi connectivity index (χ3v) is 6.30. The molecule has 1 aromatic rings. The Morgan fingerprint density at radius 3 is 2.43 bits per heavy atom. The minimum atomic E-state index is -0.0903. The number of anilines is 1. The van der Waals surface area contributed by atoms with Crippen molar-refractivity contribution in [1.82, 2.24) is 20.1 Å². The number of aromatic nitrogens is 1. The number of piperidine rings is 1. The molecule has 2 aliphatic rings. The first-order valence-corrected chi connectivity index (χ1v) is 11.5. The van der Waals surface area contributed by atoms with Gasteiger partial charge in [0.15, 0.2) is 0 Å². The van der Waals surface area contributed by atoms with Gasteiger partial charge in [-0.05, 0) is 52.7 Å². The molecule has 0 aromatic carbocycles. The molecule has 3 heterocycles. The number of ether oxygens (including phenoxy) is 1. The van der Waals surface area contributed by atoms with Gasteiger partial charge in [-0.1, -0.05) is 6.07 Å². The SMILES string of the molecule is CC(C)N(CCNC(=O)c1cccc(N2CCC(N3CCOCC3)CC2)n1)C(C)C. The average Bonchev–Trinajstić information content (AvgIpc) is 2.77. The lowest BCUT2D eigenvalue weighted by Crippen LogP contribution is -2.49. The van der Waals surface area contributed by atoms with Gasteiger partial charge in [0, 0.05) is 57.4 Å². The first kappa shape index (κ1) is 23.0. The lowest BCUT2D eigenvalue weighted by atomic mass is 10.0. The summed E-state index contributed by atoms with van der Waals surface area (Å²) >= 11 is 0. The number of carbonyl (C=O) groups excluding carboxylic acids is 1. The summed E-state index contributed by atoms with van der Waals surface area (Å²) in [5, 5.41) is 3.04. The molecule has 0 bridgehead atoms. The van der Waals surface area contributed by atoms with Gasteiger partial charge >= 0.3 is 0 Å². The second kappa shape index (κ2) is 11.1. The van der Waals surface area contributed by atoms with Gasteiger partial charge < -0.3 is 15.0 Å². The van der Waals surface area contributed by atoms with Crippen LogP contribution in [0.25, 0.3) is 0 Å². The molecule has 0 spiro atoms. The summed E-state index contributed by atoms with van der Waals surface area (Å²) in [6.07, 6.45) is 2.27. The van der Waals surface area contributed by atoms with E-state index in [1.165, 1.54) is 0 Å². The highest BCUT2D eigenvalue weighted by molar-refractivity contribution is 5.92. The van der Waals surface area contributed by atoms with E-state index in [2.05, 4.69) is 52.7 Å². The Bertz CT molecular complexity index is 659. The Morgan fingerprint density at radius 2 is 1.80 bits per heavy atom. The van der Waals surface area contributed by atoms with Crippen LogP contribution in [-0.2, 0) is 4.74 Å². The fourth-order valence-corrected chi connectivity index (χ4v) is 4.63. The zero-order valence-corrected chi connectivity index (χ0v) is 19.1. The van der Waals surface area contributed by atoms with Crippen LogP contribution >= 0.6 is 0 Å². The lowest BCUT2D eigenvalue weighted by molar-refractivity contribution is 0.0115. The van der Waals surface area contributed by atoms with E-state index in [0.29, 0.717) is 30.4 Å². The number of amides is 1. The van der Waals surface area contributed by atoms with Crippen LogP contribution in [0.1, 0.15) is 51.0 Å². The minimum Gasteiger partial charge on any atom is -0.379 e. The highest BCUT2D eigenvalue weighted by Gasteiger charge is 2.26. The summed E-state index contributed by atoms with van der Waals surface area (Å²) in [5.74, 6) is 0.821. The summed E-state index contributed by atoms with van der Waals surface area (Å²) < 4.78 is 5.48. The molecule has 1 N–H and O–H groups in total. The van der Waals surface area contributed by atoms with E-state index in [-0.39, 0.29) is 5.91 Å². The molecular formula is C23H39N5O2. The number of hydrogen-bond acceptors (Lipinski definition) is 6. The molecule has 7 nitrogen and oxygen atoms in total. The lowest BCUT2D eigenvalue weighted by Gasteiger charge is -2.40. The quantitative estimate of drug-likeness (QED) is 0.700. The average molecular weight is 418 g/mol. The van der Waals surface area contributed by atoms with Crippen LogP contribution < -0.4 is 10.2 Å². The molecule has 1 amide bonds. The minimum absolute atomic E-state index is 0.0903.